The molecule has 0 aromatic heterocycles. The van der Waals surface area contributed by atoms with Gasteiger partial charge < -0.3 is 4.74 Å². The van der Waals surface area contributed by atoms with Gasteiger partial charge in [-0.1, -0.05) is 54.1 Å². The van der Waals surface area contributed by atoms with Crippen LogP contribution in [0.1, 0.15) is 22.3 Å². The summed E-state index contributed by atoms with van der Waals surface area (Å²) in [6.45, 7) is 2.53. The van der Waals surface area contributed by atoms with Crippen molar-refractivity contribution in [3.05, 3.63) is 106 Å². The Morgan fingerprint density at radius 2 is 1.74 bits per heavy atom. The van der Waals surface area contributed by atoms with Crippen LogP contribution in [-0.4, -0.2) is 16.0 Å². The van der Waals surface area contributed by atoms with Crippen molar-refractivity contribution < 1.29 is 18.7 Å². The topological polar surface area (TPSA) is 46.6 Å². The lowest BCUT2D eigenvalue weighted by Crippen LogP contribution is -2.27. The summed E-state index contributed by atoms with van der Waals surface area (Å²) in [4.78, 5) is 26.8. The van der Waals surface area contributed by atoms with Crippen molar-refractivity contribution in [2.45, 2.75) is 20.1 Å². The number of aryl methyl sites for hydroxylation is 1. The summed E-state index contributed by atoms with van der Waals surface area (Å²) < 4.78 is 18.8. The minimum Gasteiger partial charge on any atom is -0.489 e. The molecular weight excluding hydrogens is 413 g/mol. The molecule has 0 N–H and O–H groups in total. The van der Waals surface area contributed by atoms with E-state index in [1.807, 2.05) is 49.4 Å². The Kier molecular flexibility index (Phi) is 6.18. The molecule has 2 amide bonds. The molecule has 3 aromatic rings. The Hall–Kier alpha value is -3.38. The molecule has 0 atom stereocenters. The molecule has 0 unspecified atom stereocenters. The van der Waals surface area contributed by atoms with E-state index in [0.29, 0.717) is 17.3 Å². The van der Waals surface area contributed by atoms with Crippen molar-refractivity contribution in [1.29, 1.82) is 0 Å². The number of benzene rings is 3. The van der Waals surface area contributed by atoms with Crippen molar-refractivity contribution in [2.75, 3.05) is 0 Å². The predicted octanol–water partition coefficient (Wildman–Crippen LogP) is 5.95. The molecule has 0 bridgehead atoms. The van der Waals surface area contributed by atoms with Crippen molar-refractivity contribution >= 4 is 29.0 Å². The second-order valence-corrected chi connectivity index (χ2v) is 8.24. The molecule has 6 heteroatoms. The van der Waals surface area contributed by atoms with Gasteiger partial charge in [0.1, 0.15) is 18.2 Å². The van der Waals surface area contributed by atoms with Crippen LogP contribution in [0, 0.1) is 12.7 Å². The van der Waals surface area contributed by atoms with E-state index in [-0.39, 0.29) is 23.5 Å². The minimum atomic E-state index is -0.297. The number of hydrogen-bond acceptors (Lipinski definition) is 4. The maximum atomic E-state index is 13.0. The molecule has 3 aromatic carbocycles. The van der Waals surface area contributed by atoms with Crippen molar-refractivity contribution in [2.24, 2.45) is 0 Å². The fourth-order valence-electron chi connectivity index (χ4n) is 3.22. The average Bonchev–Trinajstić information content (AvgIpc) is 3.01. The number of carbonyl (C=O) groups is 2. The summed E-state index contributed by atoms with van der Waals surface area (Å²) in [6, 6.07) is 21.2. The van der Waals surface area contributed by atoms with Gasteiger partial charge in [0.05, 0.1) is 11.4 Å². The third-order valence-electron chi connectivity index (χ3n) is 4.77. The van der Waals surface area contributed by atoms with Gasteiger partial charge >= 0.3 is 0 Å². The lowest BCUT2D eigenvalue weighted by atomic mass is 10.1. The Morgan fingerprint density at radius 3 is 2.52 bits per heavy atom. The monoisotopic (exact) mass is 433 g/mol. The first-order chi connectivity index (χ1) is 15.0. The zero-order valence-corrected chi connectivity index (χ0v) is 17.7. The first-order valence-corrected chi connectivity index (χ1v) is 10.6. The van der Waals surface area contributed by atoms with Crippen molar-refractivity contribution in [1.82, 2.24) is 4.90 Å². The molecule has 1 fully saturated rings. The van der Waals surface area contributed by atoms with Gasteiger partial charge in [-0.05, 0) is 65.7 Å². The number of amides is 2. The van der Waals surface area contributed by atoms with Crippen LogP contribution in [0.25, 0.3) is 6.08 Å². The Bertz CT molecular complexity index is 1160. The normalized spacial score (nSPS) is 15.0. The number of ether oxygens (including phenoxy) is 1. The molecule has 0 radical (unpaired) electrons. The summed E-state index contributed by atoms with van der Waals surface area (Å²) in [5.41, 5.74) is 3.61. The second-order valence-electron chi connectivity index (χ2n) is 7.24. The molecule has 4 rings (SSSR count). The SMILES string of the molecule is Cc1cccc(CN2C(=O)S/C(=C\c3cccc(OCc4ccc(F)cc4)c3)C2=O)c1. The Labute approximate surface area is 184 Å². The molecule has 4 nitrogen and oxygen atoms in total. The Balaban J connectivity index is 1.45. The van der Waals surface area contributed by atoms with Crippen LogP contribution in [-0.2, 0) is 17.9 Å². The summed E-state index contributed by atoms with van der Waals surface area (Å²) in [6.07, 6.45) is 1.70. The molecule has 0 spiro atoms. The number of imide groups is 1. The molecule has 1 aliphatic heterocycles. The molecule has 1 aliphatic rings. The highest BCUT2D eigenvalue weighted by Crippen LogP contribution is 2.33. The second kappa shape index (κ2) is 9.18. The fourth-order valence-corrected chi connectivity index (χ4v) is 4.06. The van der Waals surface area contributed by atoms with Gasteiger partial charge in [0.25, 0.3) is 11.1 Å². The number of nitrogens with zero attached hydrogens (tertiary/aromatic N) is 1. The third-order valence-corrected chi connectivity index (χ3v) is 5.68. The van der Waals surface area contributed by atoms with Gasteiger partial charge in [0.15, 0.2) is 0 Å². The van der Waals surface area contributed by atoms with Gasteiger partial charge in [-0.2, -0.15) is 0 Å². The van der Waals surface area contributed by atoms with Crippen LogP contribution in [0.2, 0.25) is 0 Å². The third kappa shape index (κ3) is 5.22. The first-order valence-electron chi connectivity index (χ1n) is 9.76. The van der Waals surface area contributed by atoms with Crippen LogP contribution >= 0.6 is 11.8 Å². The number of rotatable bonds is 6. The van der Waals surface area contributed by atoms with Gasteiger partial charge in [-0.3, -0.25) is 14.5 Å². The van der Waals surface area contributed by atoms with E-state index in [4.69, 9.17) is 4.74 Å². The lowest BCUT2D eigenvalue weighted by molar-refractivity contribution is -0.123. The van der Waals surface area contributed by atoms with Crippen LogP contribution in [0.5, 0.6) is 5.75 Å². The number of carbonyl (C=O) groups excluding carboxylic acids is 2. The minimum absolute atomic E-state index is 0.254. The molecule has 0 saturated carbocycles. The largest absolute Gasteiger partial charge is 0.489 e. The van der Waals surface area contributed by atoms with Crippen LogP contribution in [0.15, 0.2) is 77.7 Å². The Morgan fingerprint density at radius 1 is 0.968 bits per heavy atom. The number of thioether (sulfide) groups is 1. The highest BCUT2D eigenvalue weighted by atomic mass is 32.2. The van der Waals surface area contributed by atoms with E-state index in [2.05, 4.69) is 0 Å². The van der Waals surface area contributed by atoms with Crippen LogP contribution in [0.4, 0.5) is 9.18 Å². The zero-order chi connectivity index (χ0) is 21.8. The van der Waals surface area contributed by atoms with Crippen molar-refractivity contribution in [3.63, 3.8) is 0 Å². The van der Waals surface area contributed by atoms with E-state index in [9.17, 15) is 14.0 Å². The smallest absolute Gasteiger partial charge is 0.293 e. The zero-order valence-electron chi connectivity index (χ0n) is 16.9. The highest BCUT2D eigenvalue weighted by Gasteiger charge is 2.34. The summed E-state index contributed by atoms with van der Waals surface area (Å²) in [7, 11) is 0. The van der Waals surface area contributed by atoms with E-state index >= 15 is 0 Å². The van der Waals surface area contributed by atoms with Crippen LogP contribution < -0.4 is 4.74 Å². The average molecular weight is 434 g/mol. The van der Waals surface area contributed by atoms with E-state index in [0.717, 1.165) is 34.0 Å². The molecule has 1 saturated heterocycles. The predicted molar refractivity (Wildman–Crippen MR) is 120 cm³/mol. The summed E-state index contributed by atoms with van der Waals surface area (Å²) in [5.74, 6) is 0.0355. The van der Waals surface area contributed by atoms with Gasteiger partial charge in [0.2, 0.25) is 0 Å². The van der Waals surface area contributed by atoms with Gasteiger partial charge in [-0.15, -0.1) is 0 Å². The summed E-state index contributed by atoms with van der Waals surface area (Å²) >= 11 is 0.940. The maximum absolute atomic E-state index is 13.0. The van der Waals surface area contributed by atoms with Gasteiger partial charge in [0, 0.05) is 0 Å². The number of hydrogen-bond donors (Lipinski definition) is 0. The van der Waals surface area contributed by atoms with E-state index in [1.54, 1.807) is 24.3 Å². The lowest BCUT2D eigenvalue weighted by Gasteiger charge is -2.12. The molecule has 156 valence electrons. The fraction of sp³-hybridized carbons (Fsp3) is 0.120. The first kappa shape index (κ1) is 20.9. The maximum Gasteiger partial charge on any atom is 0.293 e. The highest BCUT2D eigenvalue weighted by molar-refractivity contribution is 8.18. The van der Waals surface area contributed by atoms with E-state index in [1.165, 1.54) is 17.0 Å². The molecule has 0 aliphatic carbocycles. The van der Waals surface area contributed by atoms with Crippen LogP contribution in [0.3, 0.4) is 0 Å². The van der Waals surface area contributed by atoms with Crippen molar-refractivity contribution in [3.8, 4) is 5.75 Å². The summed E-state index contributed by atoms with van der Waals surface area (Å²) in [5, 5.41) is -0.276. The quantitative estimate of drug-likeness (QED) is 0.451. The molecular formula is C25H20FNO3S. The van der Waals surface area contributed by atoms with E-state index < -0.39 is 0 Å². The standard InChI is InChI=1S/C25H20FNO3S/c1-17-4-2-6-20(12-17)15-27-24(28)23(31-25(27)29)14-19-5-3-7-22(13-19)30-16-18-8-10-21(26)11-9-18/h2-14H,15-16H2,1H3/b23-14-. The van der Waals surface area contributed by atoms with Gasteiger partial charge in [-0.25, -0.2) is 4.39 Å². The molecule has 1 heterocycles. The molecule has 31 heavy (non-hydrogen) atoms. The number of halogens is 1.